The van der Waals surface area contributed by atoms with Gasteiger partial charge < -0.3 is 9.84 Å². The van der Waals surface area contributed by atoms with Crippen molar-refractivity contribution in [3.8, 4) is 0 Å². The topological polar surface area (TPSA) is 63.6 Å². The number of carbonyl (C=O) groups excluding carboxylic acids is 1. The van der Waals surface area contributed by atoms with Crippen LogP contribution in [0.2, 0.25) is 0 Å². The van der Waals surface area contributed by atoms with Gasteiger partial charge in [0.25, 0.3) is 0 Å². The van der Waals surface area contributed by atoms with Crippen LogP contribution in [0.4, 0.5) is 0 Å². The lowest BCUT2D eigenvalue weighted by Gasteiger charge is -2.26. The molecule has 1 aromatic carbocycles. The molecule has 0 aromatic heterocycles. The molecule has 0 heterocycles. The molecule has 0 aliphatic carbocycles. The van der Waals surface area contributed by atoms with Crippen molar-refractivity contribution in [1.82, 2.24) is 0 Å². The Morgan fingerprint density at radius 1 is 0.788 bits per heavy atom. The zero-order valence-corrected chi connectivity index (χ0v) is 22.4. The first-order chi connectivity index (χ1) is 16.0. The van der Waals surface area contributed by atoms with Gasteiger partial charge in [-0.05, 0) is 24.8 Å². The summed E-state index contributed by atoms with van der Waals surface area (Å²) in [6.45, 7) is 4.39. The Bertz CT molecular complexity index is 634. The lowest BCUT2D eigenvalue weighted by Crippen LogP contribution is -2.33. The summed E-state index contributed by atoms with van der Waals surface area (Å²) in [4.78, 5) is 24.6. The van der Waals surface area contributed by atoms with E-state index in [9.17, 15) is 14.7 Å². The van der Waals surface area contributed by atoms with Crippen molar-refractivity contribution >= 4 is 27.9 Å². The van der Waals surface area contributed by atoms with Crippen LogP contribution in [0.15, 0.2) is 30.3 Å². The highest BCUT2D eigenvalue weighted by molar-refractivity contribution is 9.10. The van der Waals surface area contributed by atoms with Crippen LogP contribution in [0.5, 0.6) is 0 Å². The van der Waals surface area contributed by atoms with E-state index in [0.717, 1.165) is 44.9 Å². The standard InChI is InChI=1S/C28H45BrO4/c1-3-5-7-9-10-11-12-13-18-22-25(26(27(30)31)23-19-15-14-16-20-23)33-28(32)24(29)21-17-8-6-4-2/h14-16,19-20,24-26H,3-13,17-18,21-22H2,1-2H3,(H,30,31)/t24?,25?,26-/m1/s1. The number of ether oxygens (including phenoxy) is 1. The van der Waals surface area contributed by atoms with Crippen molar-refractivity contribution < 1.29 is 19.4 Å². The zero-order valence-electron chi connectivity index (χ0n) is 20.8. The Hall–Kier alpha value is -1.36. The number of halogens is 1. The minimum atomic E-state index is -0.941. The molecule has 188 valence electrons. The van der Waals surface area contributed by atoms with Gasteiger partial charge in [0.15, 0.2) is 0 Å². The van der Waals surface area contributed by atoms with Crippen molar-refractivity contribution in [2.45, 2.75) is 127 Å². The highest BCUT2D eigenvalue weighted by atomic mass is 79.9. The van der Waals surface area contributed by atoms with Crippen molar-refractivity contribution in [2.75, 3.05) is 0 Å². The number of alkyl halides is 1. The number of unbranched alkanes of at least 4 members (excludes halogenated alkanes) is 11. The Kier molecular flexibility index (Phi) is 17.1. The third-order valence-electron chi connectivity index (χ3n) is 6.22. The maximum Gasteiger partial charge on any atom is 0.320 e. The maximum absolute atomic E-state index is 12.8. The molecule has 33 heavy (non-hydrogen) atoms. The van der Waals surface area contributed by atoms with Crippen LogP contribution < -0.4 is 0 Å². The Balaban J connectivity index is 2.66. The summed E-state index contributed by atoms with van der Waals surface area (Å²) in [5, 5.41) is 9.99. The van der Waals surface area contributed by atoms with Crippen LogP contribution >= 0.6 is 15.9 Å². The number of rotatable bonds is 20. The smallest absolute Gasteiger partial charge is 0.320 e. The summed E-state index contributed by atoms with van der Waals surface area (Å²) >= 11 is 3.47. The van der Waals surface area contributed by atoms with Crippen LogP contribution in [-0.2, 0) is 14.3 Å². The number of hydrogen-bond donors (Lipinski definition) is 1. The number of hydrogen-bond acceptors (Lipinski definition) is 3. The molecule has 1 aromatic rings. The van der Waals surface area contributed by atoms with Crippen LogP contribution in [0, 0.1) is 0 Å². The summed E-state index contributed by atoms with van der Waals surface area (Å²) in [7, 11) is 0. The zero-order chi connectivity index (χ0) is 24.3. The molecule has 2 unspecified atom stereocenters. The number of carbonyl (C=O) groups is 2. The van der Waals surface area contributed by atoms with Gasteiger partial charge in [-0.15, -0.1) is 0 Å². The van der Waals surface area contributed by atoms with Crippen molar-refractivity contribution in [3.05, 3.63) is 35.9 Å². The van der Waals surface area contributed by atoms with Gasteiger partial charge in [-0.1, -0.05) is 137 Å². The molecule has 1 N–H and O–H groups in total. The average Bonchev–Trinajstić information content (AvgIpc) is 2.81. The van der Waals surface area contributed by atoms with E-state index in [1.165, 1.54) is 38.5 Å². The van der Waals surface area contributed by atoms with Crippen LogP contribution in [0.25, 0.3) is 0 Å². The molecule has 0 fully saturated rings. The van der Waals surface area contributed by atoms with E-state index in [4.69, 9.17) is 4.74 Å². The molecule has 0 radical (unpaired) electrons. The van der Waals surface area contributed by atoms with Crippen molar-refractivity contribution in [1.29, 1.82) is 0 Å². The molecular weight excluding hydrogens is 480 g/mol. The fraction of sp³-hybridized carbons (Fsp3) is 0.714. The molecule has 5 heteroatoms. The number of carboxylic acid groups (broad SMARTS) is 1. The minimum absolute atomic E-state index is 0.338. The highest BCUT2D eigenvalue weighted by Crippen LogP contribution is 2.28. The first kappa shape index (κ1) is 29.7. The van der Waals surface area contributed by atoms with Gasteiger partial charge in [-0.25, -0.2) is 0 Å². The van der Waals surface area contributed by atoms with E-state index in [2.05, 4.69) is 29.8 Å². The molecule has 3 atom stereocenters. The van der Waals surface area contributed by atoms with Gasteiger partial charge in [-0.2, -0.15) is 0 Å². The highest BCUT2D eigenvalue weighted by Gasteiger charge is 2.33. The molecule has 1 rings (SSSR count). The second-order valence-corrected chi connectivity index (χ2v) is 10.2. The van der Waals surface area contributed by atoms with E-state index >= 15 is 0 Å². The normalized spacial score (nSPS) is 13.9. The van der Waals surface area contributed by atoms with Crippen LogP contribution in [0.3, 0.4) is 0 Å². The van der Waals surface area contributed by atoms with E-state index in [1.807, 2.05) is 30.3 Å². The number of esters is 1. The monoisotopic (exact) mass is 524 g/mol. The Morgan fingerprint density at radius 3 is 1.82 bits per heavy atom. The van der Waals surface area contributed by atoms with Gasteiger partial charge in [0.2, 0.25) is 0 Å². The first-order valence-corrected chi connectivity index (χ1v) is 14.0. The second-order valence-electron chi connectivity index (χ2n) is 9.14. The Labute approximate surface area is 210 Å². The van der Waals surface area contributed by atoms with Crippen LogP contribution in [-0.4, -0.2) is 28.0 Å². The first-order valence-electron chi connectivity index (χ1n) is 13.1. The van der Waals surface area contributed by atoms with Gasteiger partial charge >= 0.3 is 11.9 Å². The number of carboxylic acids is 1. The molecule has 4 nitrogen and oxygen atoms in total. The average molecular weight is 526 g/mol. The van der Waals surface area contributed by atoms with Crippen molar-refractivity contribution in [2.24, 2.45) is 0 Å². The third-order valence-corrected chi connectivity index (χ3v) is 7.05. The summed E-state index contributed by atoms with van der Waals surface area (Å²) in [5.74, 6) is -2.12. The van der Waals surface area contributed by atoms with Gasteiger partial charge in [0.05, 0.1) is 0 Å². The molecule has 0 bridgehead atoms. The van der Waals surface area contributed by atoms with Crippen LogP contribution in [0.1, 0.15) is 122 Å². The van der Waals surface area contributed by atoms with E-state index in [0.29, 0.717) is 18.4 Å². The number of benzene rings is 1. The lowest BCUT2D eigenvalue weighted by atomic mass is 9.90. The fourth-order valence-corrected chi connectivity index (χ4v) is 4.65. The Morgan fingerprint density at radius 2 is 1.27 bits per heavy atom. The molecule has 0 aliphatic heterocycles. The molecule has 0 amide bonds. The fourth-order valence-electron chi connectivity index (χ4n) is 4.22. The largest absolute Gasteiger partial charge is 0.481 e. The maximum atomic E-state index is 12.8. The van der Waals surface area contributed by atoms with E-state index in [1.54, 1.807) is 0 Å². The lowest BCUT2D eigenvalue weighted by molar-refractivity contribution is -0.155. The predicted molar refractivity (Wildman–Crippen MR) is 140 cm³/mol. The summed E-state index contributed by atoms with van der Waals surface area (Å²) < 4.78 is 5.85. The summed E-state index contributed by atoms with van der Waals surface area (Å²) in [6, 6.07) is 9.17. The van der Waals surface area contributed by atoms with Crippen molar-refractivity contribution in [3.63, 3.8) is 0 Å². The molecular formula is C28H45BrO4. The molecule has 0 aliphatic rings. The van der Waals surface area contributed by atoms with Gasteiger partial charge in [-0.3, -0.25) is 9.59 Å². The minimum Gasteiger partial charge on any atom is -0.481 e. The third kappa shape index (κ3) is 13.2. The second kappa shape index (κ2) is 19.0. The molecule has 0 saturated carbocycles. The molecule has 0 spiro atoms. The SMILES string of the molecule is CCCCCCCCCCCC(OC(=O)C(Br)CCCCCC)[C@H](C(=O)O)c1ccccc1. The summed E-state index contributed by atoms with van der Waals surface area (Å²) in [5.41, 5.74) is 0.688. The molecule has 0 saturated heterocycles. The van der Waals surface area contributed by atoms with E-state index < -0.39 is 18.0 Å². The van der Waals surface area contributed by atoms with E-state index in [-0.39, 0.29) is 10.8 Å². The van der Waals surface area contributed by atoms with Gasteiger partial charge in [0.1, 0.15) is 16.8 Å². The van der Waals surface area contributed by atoms with Gasteiger partial charge in [0, 0.05) is 0 Å². The summed E-state index contributed by atoms with van der Waals surface area (Å²) in [6.07, 6.45) is 15.7. The predicted octanol–water partition coefficient (Wildman–Crippen LogP) is 8.42. The quantitative estimate of drug-likeness (QED) is 0.105. The number of aliphatic carboxylic acids is 1.